The fourth-order valence-electron chi connectivity index (χ4n) is 1.58. The van der Waals surface area contributed by atoms with Gasteiger partial charge in [-0.05, 0) is 12.1 Å². The van der Waals surface area contributed by atoms with E-state index in [9.17, 15) is 14.7 Å². The Morgan fingerprint density at radius 1 is 1.30 bits per heavy atom. The number of halogens is 1. The van der Waals surface area contributed by atoms with Crippen molar-refractivity contribution in [1.82, 2.24) is 0 Å². The van der Waals surface area contributed by atoms with Crippen LogP contribution >= 0.6 is 11.6 Å². The molecule has 1 aromatic rings. The Balaban J connectivity index is 3.15. The van der Waals surface area contributed by atoms with Crippen LogP contribution in [-0.4, -0.2) is 49.8 Å². The summed E-state index contributed by atoms with van der Waals surface area (Å²) in [5, 5.41) is 12.3. The summed E-state index contributed by atoms with van der Waals surface area (Å²) in [6.07, 6.45) is -0.774. The van der Waals surface area contributed by atoms with Gasteiger partial charge in [-0.1, -0.05) is 6.07 Å². The van der Waals surface area contributed by atoms with E-state index in [0.717, 1.165) is 0 Å². The molecule has 1 atom stereocenters. The number of carbonyl (C=O) groups excluding carboxylic acids is 2. The smallest absolute Gasteiger partial charge is 0.340 e. The van der Waals surface area contributed by atoms with Gasteiger partial charge < -0.3 is 19.9 Å². The maximum absolute atomic E-state index is 11.8. The largest absolute Gasteiger partial charge is 0.465 e. The molecule has 0 fully saturated rings. The first-order chi connectivity index (χ1) is 9.54. The normalized spacial score (nSPS) is 11.6. The van der Waals surface area contributed by atoms with Crippen molar-refractivity contribution < 1.29 is 24.2 Å². The second kappa shape index (κ2) is 7.72. The fraction of sp³-hybridized carbons (Fsp3) is 0.385. The van der Waals surface area contributed by atoms with Gasteiger partial charge in [0.25, 0.3) is 0 Å². The number of benzene rings is 1. The molecule has 6 nitrogen and oxygen atoms in total. The van der Waals surface area contributed by atoms with E-state index in [0.29, 0.717) is 5.69 Å². The number of carbonyl (C=O) groups is 2. The van der Waals surface area contributed by atoms with Crippen LogP contribution in [0.5, 0.6) is 0 Å². The Hall–Kier alpha value is -1.79. The summed E-state index contributed by atoms with van der Waals surface area (Å²) >= 11 is 5.50. The van der Waals surface area contributed by atoms with Gasteiger partial charge in [-0.15, -0.1) is 11.6 Å². The molecule has 20 heavy (non-hydrogen) atoms. The molecule has 0 saturated carbocycles. The van der Waals surface area contributed by atoms with Crippen molar-refractivity contribution in [1.29, 1.82) is 0 Å². The molecule has 110 valence electrons. The van der Waals surface area contributed by atoms with Gasteiger partial charge >= 0.3 is 11.9 Å². The molecular weight excluding hydrogens is 286 g/mol. The lowest BCUT2D eigenvalue weighted by molar-refractivity contribution is 0.0556. The second-order valence-electron chi connectivity index (χ2n) is 3.90. The molecule has 0 radical (unpaired) electrons. The summed E-state index contributed by atoms with van der Waals surface area (Å²) in [6, 6.07) is 4.65. The predicted molar refractivity (Wildman–Crippen MR) is 74.3 cm³/mol. The van der Waals surface area contributed by atoms with Crippen LogP contribution in [0, 0.1) is 0 Å². The third kappa shape index (κ3) is 3.85. The zero-order chi connectivity index (χ0) is 15.1. The highest BCUT2D eigenvalue weighted by Crippen LogP contribution is 2.22. The van der Waals surface area contributed by atoms with Gasteiger partial charge in [-0.25, -0.2) is 9.59 Å². The lowest BCUT2D eigenvalue weighted by Crippen LogP contribution is -2.23. The summed E-state index contributed by atoms with van der Waals surface area (Å²) in [5.74, 6) is -1.27. The number of anilines is 1. The van der Waals surface area contributed by atoms with Crippen molar-refractivity contribution in [2.75, 3.05) is 32.0 Å². The van der Waals surface area contributed by atoms with Crippen LogP contribution in [0.3, 0.4) is 0 Å². The van der Waals surface area contributed by atoms with E-state index in [2.05, 4.69) is 14.8 Å². The van der Waals surface area contributed by atoms with Crippen LogP contribution < -0.4 is 5.32 Å². The Kier molecular flexibility index (Phi) is 6.27. The molecule has 0 aromatic heterocycles. The van der Waals surface area contributed by atoms with Gasteiger partial charge in [0.15, 0.2) is 0 Å². The van der Waals surface area contributed by atoms with E-state index in [1.54, 1.807) is 12.1 Å². The highest BCUT2D eigenvalue weighted by molar-refractivity contribution is 6.18. The van der Waals surface area contributed by atoms with E-state index in [4.69, 9.17) is 11.6 Å². The highest BCUT2D eigenvalue weighted by atomic mass is 35.5. The van der Waals surface area contributed by atoms with Gasteiger partial charge in [-0.2, -0.15) is 0 Å². The summed E-state index contributed by atoms with van der Waals surface area (Å²) in [4.78, 5) is 23.5. The molecule has 2 N–H and O–H groups in total. The topological polar surface area (TPSA) is 84.9 Å². The highest BCUT2D eigenvalue weighted by Gasteiger charge is 2.22. The average Bonchev–Trinajstić information content (AvgIpc) is 2.50. The number of methoxy groups -OCH3 is 2. The molecular formula is C13H16ClNO5. The molecule has 1 aromatic carbocycles. The van der Waals surface area contributed by atoms with E-state index in [-0.39, 0.29) is 23.6 Å². The maximum atomic E-state index is 11.8. The molecule has 1 unspecified atom stereocenters. The number of esters is 2. The van der Waals surface area contributed by atoms with E-state index in [1.807, 2.05) is 0 Å². The minimum Gasteiger partial charge on any atom is -0.465 e. The molecule has 0 bridgehead atoms. The second-order valence-corrected chi connectivity index (χ2v) is 4.21. The van der Waals surface area contributed by atoms with Gasteiger partial charge in [-0.3, -0.25) is 0 Å². The Labute approximate surface area is 121 Å². The standard InChI is InChI=1S/C13H16ClNO5/c1-19-12(17)9-4-3-5-10(11(9)13(18)20-2)15-7-8(16)6-14/h3-5,8,15-16H,6-7H2,1-2H3. The van der Waals surface area contributed by atoms with Crippen molar-refractivity contribution in [2.45, 2.75) is 6.10 Å². The van der Waals surface area contributed by atoms with Crippen LogP contribution in [0.1, 0.15) is 20.7 Å². The Morgan fingerprint density at radius 3 is 2.50 bits per heavy atom. The monoisotopic (exact) mass is 301 g/mol. The summed E-state index contributed by atoms with van der Waals surface area (Å²) in [6.45, 7) is 0.137. The van der Waals surface area contributed by atoms with Crippen LogP contribution in [0.4, 0.5) is 5.69 Å². The third-order valence-electron chi connectivity index (χ3n) is 2.57. The Morgan fingerprint density at radius 2 is 1.95 bits per heavy atom. The third-order valence-corrected chi connectivity index (χ3v) is 2.92. The number of aliphatic hydroxyl groups excluding tert-OH is 1. The maximum Gasteiger partial charge on any atom is 0.340 e. The van der Waals surface area contributed by atoms with Crippen LogP contribution in [0.15, 0.2) is 18.2 Å². The molecule has 0 amide bonds. The predicted octanol–water partition coefficient (Wildman–Crippen LogP) is 1.27. The van der Waals surface area contributed by atoms with Crippen LogP contribution in [0.25, 0.3) is 0 Å². The SMILES string of the molecule is COC(=O)c1cccc(NCC(O)CCl)c1C(=O)OC. The first-order valence-electron chi connectivity index (χ1n) is 5.82. The lowest BCUT2D eigenvalue weighted by Gasteiger charge is -2.15. The van der Waals surface area contributed by atoms with E-state index in [1.165, 1.54) is 20.3 Å². The number of alkyl halides is 1. The molecule has 0 heterocycles. The molecule has 0 spiro atoms. The quantitative estimate of drug-likeness (QED) is 0.608. The van der Waals surface area contributed by atoms with Crippen LogP contribution in [-0.2, 0) is 9.47 Å². The van der Waals surface area contributed by atoms with Crippen molar-refractivity contribution in [3.05, 3.63) is 29.3 Å². The number of hydrogen-bond donors (Lipinski definition) is 2. The van der Waals surface area contributed by atoms with Crippen LogP contribution in [0.2, 0.25) is 0 Å². The molecule has 0 aliphatic carbocycles. The van der Waals surface area contributed by atoms with Crippen molar-refractivity contribution >= 4 is 29.2 Å². The zero-order valence-electron chi connectivity index (χ0n) is 11.2. The molecule has 1 rings (SSSR count). The Bertz CT molecular complexity index is 492. The van der Waals surface area contributed by atoms with Gasteiger partial charge in [0.2, 0.25) is 0 Å². The molecule has 0 saturated heterocycles. The average molecular weight is 302 g/mol. The van der Waals surface area contributed by atoms with Gasteiger partial charge in [0.05, 0.1) is 37.3 Å². The zero-order valence-corrected chi connectivity index (χ0v) is 11.9. The number of hydrogen-bond acceptors (Lipinski definition) is 6. The summed E-state index contributed by atoms with van der Waals surface area (Å²) < 4.78 is 9.30. The fourth-order valence-corrected chi connectivity index (χ4v) is 1.69. The summed E-state index contributed by atoms with van der Waals surface area (Å²) in [5.41, 5.74) is 0.511. The minimum atomic E-state index is -0.774. The van der Waals surface area contributed by atoms with Crippen molar-refractivity contribution in [2.24, 2.45) is 0 Å². The van der Waals surface area contributed by atoms with Gasteiger partial charge in [0, 0.05) is 12.2 Å². The minimum absolute atomic E-state index is 0.0528. The number of aliphatic hydroxyl groups is 1. The summed E-state index contributed by atoms with van der Waals surface area (Å²) in [7, 11) is 2.44. The van der Waals surface area contributed by atoms with Crippen molar-refractivity contribution in [3.8, 4) is 0 Å². The first-order valence-corrected chi connectivity index (χ1v) is 6.36. The van der Waals surface area contributed by atoms with Gasteiger partial charge in [0.1, 0.15) is 0 Å². The number of ether oxygens (including phenoxy) is 2. The molecule has 7 heteroatoms. The van der Waals surface area contributed by atoms with Crippen molar-refractivity contribution in [3.63, 3.8) is 0 Å². The lowest BCUT2D eigenvalue weighted by atomic mass is 10.0. The first kappa shape index (κ1) is 16.3. The number of nitrogens with one attached hydrogen (secondary N) is 1. The van der Waals surface area contributed by atoms with E-state index >= 15 is 0 Å². The van der Waals surface area contributed by atoms with E-state index < -0.39 is 18.0 Å². The molecule has 0 aliphatic rings. The molecule has 0 aliphatic heterocycles. The number of rotatable bonds is 6.